The zero-order valence-electron chi connectivity index (χ0n) is 16.2. The molecule has 3 heterocycles. The minimum absolute atomic E-state index is 0.0470. The van der Waals surface area contributed by atoms with Gasteiger partial charge in [-0.15, -0.1) is 0 Å². The van der Waals surface area contributed by atoms with Crippen molar-refractivity contribution in [2.45, 2.75) is 39.3 Å². The zero-order chi connectivity index (χ0) is 19.7. The number of amides is 2. The Hall–Kier alpha value is -3.15. The standard InChI is InChI=1S/C22H24N4O2/c1-3-15(2)23-21(27)19-18-10-6-7-12-26(18)20(24-19)22(28)25-13-11-16-8-4-5-9-17(16)14-25/h4-10,12,15H,3,11,13-14H2,1-2H3,(H,23,27). The van der Waals surface area contributed by atoms with Crippen LogP contribution in [0.25, 0.3) is 5.52 Å². The molecule has 0 saturated carbocycles. The third-order valence-corrected chi connectivity index (χ3v) is 5.36. The van der Waals surface area contributed by atoms with Crippen LogP contribution in [0.1, 0.15) is 52.5 Å². The maximum absolute atomic E-state index is 13.2. The molecule has 1 unspecified atom stereocenters. The van der Waals surface area contributed by atoms with Crippen LogP contribution in [0.2, 0.25) is 0 Å². The predicted octanol–water partition coefficient (Wildman–Crippen LogP) is 3.06. The molecule has 1 N–H and O–H groups in total. The van der Waals surface area contributed by atoms with Crippen LogP contribution in [0.15, 0.2) is 48.7 Å². The number of hydrogen-bond donors (Lipinski definition) is 1. The molecular weight excluding hydrogens is 352 g/mol. The molecule has 0 fully saturated rings. The molecule has 2 aromatic heterocycles. The van der Waals surface area contributed by atoms with Crippen LogP contribution in [0, 0.1) is 0 Å². The monoisotopic (exact) mass is 376 g/mol. The fourth-order valence-corrected chi connectivity index (χ4v) is 3.56. The molecule has 1 aliphatic rings. The normalized spacial score (nSPS) is 14.6. The van der Waals surface area contributed by atoms with Crippen LogP contribution in [0.5, 0.6) is 0 Å². The topological polar surface area (TPSA) is 66.7 Å². The van der Waals surface area contributed by atoms with E-state index in [-0.39, 0.29) is 23.7 Å². The Labute approximate surface area is 164 Å². The summed E-state index contributed by atoms with van der Waals surface area (Å²) in [6.07, 6.45) is 3.44. The van der Waals surface area contributed by atoms with Gasteiger partial charge in [-0.05, 0) is 43.0 Å². The largest absolute Gasteiger partial charge is 0.348 e. The van der Waals surface area contributed by atoms with E-state index in [0.717, 1.165) is 18.4 Å². The summed E-state index contributed by atoms with van der Waals surface area (Å²) in [5, 5.41) is 2.94. The van der Waals surface area contributed by atoms with Gasteiger partial charge in [0.1, 0.15) is 0 Å². The van der Waals surface area contributed by atoms with Crippen LogP contribution in [-0.4, -0.2) is 38.7 Å². The molecule has 6 heteroatoms. The number of hydrogen-bond acceptors (Lipinski definition) is 3. The average molecular weight is 376 g/mol. The lowest BCUT2D eigenvalue weighted by Crippen LogP contribution is -2.37. The summed E-state index contributed by atoms with van der Waals surface area (Å²) >= 11 is 0. The van der Waals surface area contributed by atoms with Gasteiger partial charge in [0.25, 0.3) is 11.8 Å². The Kier molecular flexibility index (Phi) is 4.86. The number of nitrogens with one attached hydrogen (secondary N) is 1. The van der Waals surface area contributed by atoms with Gasteiger partial charge in [0, 0.05) is 25.3 Å². The molecule has 1 aromatic carbocycles. The van der Waals surface area contributed by atoms with Gasteiger partial charge in [-0.2, -0.15) is 0 Å². The van der Waals surface area contributed by atoms with E-state index in [9.17, 15) is 9.59 Å². The molecule has 1 atom stereocenters. The number of benzene rings is 1. The first kappa shape index (κ1) is 18.2. The van der Waals surface area contributed by atoms with Crippen LogP contribution in [0.4, 0.5) is 0 Å². The van der Waals surface area contributed by atoms with E-state index >= 15 is 0 Å². The summed E-state index contributed by atoms with van der Waals surface area (Å²) in [7, 11) is 0. The molecule has 0 aliphatic carbocycles. The molecule has 6 nitrogen and oxygen atoms in total. The summed E-state index contributed by atoms with van der Waals surface area (Å²) in [6, 6.07) is 13.8. The molecule has 4 rings (SSSR count). The molecule has 0 spiro atoms. The van der Waals surface area contributed by atoms with Gasteiger partial charge < -0.3 is 10.2 Å². The molecule has 2 amide bonds. The van der Waals surface area contributed by atoms with Crippen molar-refractivity contribution < 1.29 is 9.59 Å². The highest BCUT2D eigenvalue weighted by Crippen LogP contribution is 2.21. The molecule has 0 radical (unpaired) electrons. The highest BCUT2D eigenvalue weighted by molar-refractivity contribution is 6.02. The number of carbonyl (C=O) groups excluding carboxylic acids is 2. The second-order valence-corrected chi connectivity index (χ2v) is 7.27. The van der Waals surface area contributed by atoms with Gasteiger partial charge in [-0.1, -0.05) is 37.3 Å². The lowest BCUT2D eigenvalue weighted by molar-refractivity contribution is 0.0721. The van der Waals surface area contributed by atoms with Gasteiger partial charge >= 0.3 is 0 Å². The molecule has 0 saturated heterocycles. The first-order valence-electron chi connectivity index (χ1n) is 9.72. The molecular formula is C22H24N4O2. The Morgan fingerprint density at radius 3 is 2.68 bits per heavy atom. The minimum atomic E-state index is -0.249. The number of pyridine rings is 1. The Morgan fingerprint density at radius 1 is 1.14 bits per heavy atom. The quantitative estimate of drug-likeness (QED) is 0.761. The number of carbonyl (C=O) groups is 2. The molecule has 28 heavy (non-hydrogen) atoms. The second kappa shape index (κ2) is 7.46. The zero-order valence-corrected chi connectivity index (χ0v) is 16.2. The highest BCUT2D eigenvalue weighted by Gasteiger charge is 2.27. The van der Waals surface area contributed by atoms with Gasteiger partial charge in [-0.25, -0.2) is 4.98 Å². The highest BCUT2D eigenvalue weighted by atomic mass is 16.2. The van der Waals surface area contributed by atoms with E-state index in [1.54, 1.807) is 15.5 Å². The lowest BCUT2D eigenvalue weighted by atomic mass is 10.00. The maximum Gasteiger partial charge on any atom is 0.290 e. The lowest BCUT2D eigenvalue weighted by Gasteiger charge is -2.28. The van der Waals surface area contributed by atoms with Gasteiger partial charge in [0.2, 0.25) is 5.82 Å². The average Bonchev–Trinajstić information content (AvgIpc) is 3.12. The number of fused-ring (bicyclic) bond motifs is 2. The van der Waals surface area contributed by atoms with Crippen molar-refractivity contribution in [2.75, 3.05) is 6.54 Å². The van der Waals surface area contributed by atoms with E-state index in [4.69, 9.17) is 0 Å². The second-order valence-electron chi connectivity index (χ2n) is 7.27. The first-order chi connectivity index (χ1) is 13.6. The fraction of sp³-hybridized carbons (Fsp3) is 0.318. The third-order valence-electron chi connectivity index (χ3n) is 5.36. The number of rotatable bonds is 4. The molecule has 1 aliphatic heterocycles. The van der Waals surface area contributed by atoms with Gasteiger partial charge in [0.15, 0.2) is 5.69 Å². The van der Waals surface area contributed by atoms with Crippen LogP contribution in [-0.2, 0) is 13.0 Å². The van der Waals surface area contributed by atoms with Crippen LogP contribution >= 0.6 is 0 Å². The Bertz CT molecular complexity index is 1040. The smallest absolute Gasteiger partial charge is 0.290 e. The molecule has 3 aromatic rings. The maximum atomic E-state index is 13.2. The van der Waals surface area contributed by atoms with E-state index in [0.29, 0.717) is 24.3 Å². The number of nitrogens with zero attached hydrogens (tertiary/aromatic N) is 3. The van der Waals surface area contributed by atoms with Crippen molar-refractivity contribution in [3.05, 3.63) is 71.3 Å². The van der Waals surface area contributed by atoms with Crippen molar-refractivity contribution in [3.8, 4) is 0 Å². The van der Waals surface area contributed by atoms with Crippen molar-refractivity contribution in [1.29, 1.82) is 0 Å². The Morgan fingerprint density at radius 2 is 1.89 bits per heavy atom. The van der Waals surface area contributed by atoms with Crippen LogP contribution < -0.4 is 5.32 Å². The summed E-state index contributed by atoms with van der Waals surface area (Å²) in [5.74, 6) is -0.122. The first-order valence-corrected chi connectivity index (χ1v) is 9.72. The van der Waals surface area contributed by atoms with Crippen molar-refractivity contribution in [2.24, 2.45) is 0 Å². The van der Waals surface area contributed by atoms with Crippen molar-refractivity contribution >= 4 is 17.3 Å². The SMILES string of the molecule is CCC(C)NC(=O)c1nc(C(=O)N2CCc3ccccc3C2)n2ccccc12. The van der Waals surface area contributed by atoms with Crippen LogP contribution in [0.3, 0.4) is 0 Å². The van der Waals surface area contributed by atoms with E-state index in [1.165, 1.54) is 5.56 Å². The summed E-state index contributed by atoms with van der Waals surface area (Å²) in [5.41, 5.74) is 3.39. The van der Waals surface area contributed by atoms with Gasteiger partial charge in [0.05, 0.1) is 5.52 Å². The summed E-state index contributed by atoms with van der Waals surface area (Å²) in [6.45, 7) is 5.17. The van der Waals surface area contributed by atoms with Crippen molar-refractivity contribution in [3.63, 3.8) is 0 Å². The minimum Gasteiger partial charge on any atom is -0.348 e. The third kappa shape index (κ3) is 3.26. The fourth-order valence-electron chi connectivity index (χ4n) is 3.56. The number of imidazole rings is 1. The molecule has 0 bridgehead atoms. The summed E-state index contributed by atoms with van der Waals surface area (Å²) in [4.78, 5) is 32.2. The summed E-state index contributed by atoms with van der Waals surface area (Å²) < 4.78 is 1.72. The van der Waals surface area contributed by atoms with E-state index in [1.807, 2.05) is 44.2 Å². The predicted molar refractivity (Wildman–Crippen MR) is 107 cm³/mol. The number of aromatic nitrogens is 2. The molecule has 144 valence electrons. The van der Waals surface area contributed by atoms with E-state index < -0.39 is 0 Å². The van der Waals surface area contributed by atoms with E-state index in [2.05, 4.69) is 22.4 Å². The Balaban J connectivity index is 1.67. The van der Waals surface area contributed by atoms with Gasteiger partial charge in [-0.3, -0.25) is 14.0 Å². The van der Waals surface area contributed by atoms with Crippen molar-refractivity contribution in [1.82, 2.24) is 19.6 Å².